The molecule has 1 atom stereocenters. The van der Waals surface area contributed by atoms with Gasteiger partial charge in [-0.25, -0.2) is 0 Å². The van der Waals surface area contributed by atoms with E-state index >= 15 is 0 Å². The Bertz CT molecular complexity index is 243. The quantitative estimate of drug-likeness (QED) is 0.545. The highest BCUT2D eigenvalue weighted by atomic mass is 16.6. The molecule has 1 saturated heterocycles. The van der Waals surface area contributed by atoms with Crippen LogP contribution in [-0.4, -0.2) is 11.6 Å². The zero-order chi connectivity index (χ0) is 6.97. The molecule has 1 aliphatic rings. The van der Waals surface area contributed by atoms with Crippen LogP contribution in [0.2, 0.25) is 0 Å². The molecule has 0 aliphatic carbocycles. The lowest BCUT2D eigenvalue weighted by Crippen LogP contribution is -1.86. The minimum absolute atomic E-state index is 0.341. The Morgan fingerprint density at radius 2 is 2.50 bits per heavy atom. The summed E-state index contributed by atoms with van der Waals surface area (Å²) in [5.41, 5.74) is 2.51. The fourth-order valence-electron chi connectivity index (χ4n) is 1.04. The largest absolute Gasteiger partial charge is 0.368 e. The third kappa shape index (κ3) is 0.907. The third-order valence-corrected chi connectivity index (χ3v) is 1.76. The number of pyridine rings is 1. The Morgan fingerprint density at radius 1 is 1.70 bits per heavy atom. The van der Waals surface area contributed by atoms with Crippen LogP contribution in [-0.2, 0) is 4.74 Å². The van der Waals surface area contributed by atoms with E-state index in [0.29, 0.717) is 6.10 Å². The summed E-state index contributed by atoms with van der Waals surface area (Å²) in [6, 6.07) is 2.01. The van der Waals surface area contributed by atoms with Crippen molar-refractivity contribution in [2.24, 2.45) is 0 Å². The van der Waals surface area contributed by atoms with Crippen LogP contribution in [0.5, 0.6) is 0 Å². The standard InChI is InChI=1S/C8H9NO/c1-6-2-3-9-4-7(6)8-5-10-8/h2-4,8H,5H2,1H3/t8-/m1/s1. The van der Waals surface area contributed by atoms with Gasteiger partial charge in [0.2, 0.25) is 0 Å². The highest BCUT2D eigenvalue weighted by molar-refractivity contribution is 5.25. The van der Waals surface area contributed by atoms with E-state index in [1.807, 2.05) is 12.3 Å². The monoisotopic (exact) mass is 135 g/mol. The second-order valence-electron chi connectivity index (χ2n) is 2.55. The fourth-order valence-corrected chi connectivity index (χ4v) is 1.04. The Balaban J connectivity index is 2.39. The lowest BCUT2D eigenvalue weighted by atomic mass is 10.1. The van der Waals surface area contributed by atoms with Crippen LogP contribution in [0.25, 0.3) is 0 Å². The molecule has 0 bridgehead atoms. The summed E-state index contributed by atoms with van der Waals surface area (Å²) in [6.45, 7) is 2.95. The van der Waals surface area contributed by atoms with Gasteiger partial charge >= 0.3 is 0 Å². The van der Waals surface area contributed by atoms with Crippen molar-refractivity contribution in [1.29, 1.82) is 0 Å². The first-order chi connectivity index (χ1) is 4.88. The normalized spacial score (nSPS) is 22.7. The number of aryl methyl sites for hydroxylation is 1. The molecule has 0 saturated carbocycles. The number of aromatic nitrogens is 1. The van der Waals surface area contributed by atoms with Gasteiger partial charge in [-0.05, 0) is 18.6 Å². The Labute approximate surface area is 59.9 Å². The van der Waals surface area contributed by atoms with Crippen molar-refractivity contribution in [1.82, 2.24) is 4.98 Å². The zero-order valence-electron chi connectivity index (χ0n) is 5.87. The molecule has 1 aromatic rings. The molecule has 2 heteroatoms. The van der Waals surface area contributed by atoms with E-state index in [-0.39, 0.29) is 0 Å². The van der Waals surface area contributed by atoms with Crippen molar-refractivity contribution in [2.75, 3.05) is 6.61 Å². The maximum absolute atomic E-state index is 5.14. The van der Waals surface area contributed by atoms with E-state index in [0.717, 1.165) is 6.61 Å². The molecule has 0 amide bonds. The van der Waals surface area contributed by atoms with Crippen molar-refractivity contribution in [2.45, 2.75) is 13.0 Å². The van der Waals surface area contributed by atoms with Crippen LogP contribution in [0.3, 0.4) is 0 Å². The molecule has 52 valence electrons. The molecule has 0 N–H and O–H groups in total. The first kappa shape index (κ1) is 5.86. The topological polar surface area (TPSA) is 25.4 Å². The Kier molecular flexibility index (Phi) is 1.21. The molecule has 10 heavy (non-hydrogen) atoms. The lowest BCUT2D eigenvalue weighted by Gasteiger charge is -1.97. The van der Waals surface area contributed by atoms with Crippen molar-refractivity contribution >= 4 is 0 Å². The van der Waals surface area contributed by atoms with Crippen molar-refractivity contribution in [3.8, 4) is 0 Å². The molecule has 0 aromatic carbocycles. The minimum atomic E-state index is 0.341. The maximum atomic E-state index is 5.14. The molecule has 0 spiro atoms. The van der Waals surface area contributed by atoms with Crippen molar-refractivity contribution in [3.63, 3.8) is 0 Å². The van der Waals surface area contributed by atoms with Crippen LogP contribution in [0.4, 0.5) is 0 Å². The summed E-state index contributed by atoms with van der Waals surface area (Å²) in [5.74, 6) is 0. The summed E-state index contributed by atoms with van der Waals surface area (Å²) >= 11 is 0. The molecule has 1 aromatic heterocycles. The highest BCUT2D eigenvalue weighted by Gasteiger charge is 2.25. The van der Waals surface area contributed by atoms with Gasteiger partial charge in [0.15, 0.2) is 0 Å². The molecular formula is C8H9NO. The predicted molar refractivity (Wildman–Crippen MR) is 37.7 cm³/mol. The predicted octanol–water partition coefficient (Wildman–Crippen LogP) is 1.46. The summed E-state index contributed by atoms with van der Waals surface area (Å²) in [5, 5.41) is 0. The smallest absolute Gasteiger partial charge is 0.108 e. The first-order valence-electron chi connectivity index (χ1n) is 3.40. The van der Waals surface area contributed by atoms with Crippen LogP contribution in [0, 0.1) is 6.92 Å². The van der Waals surface area contributed by atoms with E-state index in [4.69, 9.17) is 4.74 Å². The first-order valence-corrected chi connectivity index (χ1v) is 3.40. The van der Waals surface area contributed by atoms with E-state index in [9.17, 15) is 0 Å². The summed E-state index contributed by atoms with van der Waals surface area (Å²) in [6.07, 6.45) is 4.03. The summed E-state index contributed by atoms with van der Waals surface area (Å²) in [4.78, 5) is 4.03. The summed E-state index contributed by atoms with van der Waals surface area (Å²) in [7, 11) is 0. The van der Waals surface area contributed by atoms with Gasteiger partial charge in [-0.2, -0.15) is 0 Å². The molecule has 0 unspecified atom stereocenters. The Hall–Kier alpha value is -0.890. The number of ether oxygens (including phenoxy) is 1. The number of hydrogen-bond donors (Lipinski definition) is 0. The van der Waals surface area contributed by atoms with Gasteiger partial charge in [0.1, 0.15) is 6.10 Å². The van der Waals surface area contributed by atoms with Crippen LogP contribution >= 0.6 is 0 Å². The van der Waals surface area contributed by atoms with Gasteiger partial charge in [0, 0.05) is 18.0 Å². The molecule has 0 radical (unpaired) electrons. The van der Waals surface area contributed by atoms with Gasteiger partial charge in [-0.3, -0.25) is 4.98 Å². The summed E-state index contributed by atoms with van der Waals surface area (Å²) < 4.78 is 5.14. The Morgan fingerprint density at radius 3 is 3.10 bits per heavy atom. The van der Waals surface area contributed by atoms with E-state index in [2.05, 4.69) is 11.9 Å². The van der Waals surface area contributed by atoms with E-state index in [1.165, 1.54) is 11.1 Å². The molecule has 2 rings (SSSR count). The molecule has 2 heterocycles. The molecule has 1 fully saturated rings. The van der Waals surface area contributed by atoms with Crippen LogP contribution in [0.1, 0.15) is 17.2 Å². The SMILES string of the molecule is Cc1ccncc1[C@H]1CO1. The van der Waals surface area contributed by atoms with E-state index in [1.54, 1.807) is 6.20 Å². The minimum Gasteiger partial charge on any atom is -0.368 e. The maximum Gasteiger partial charge on any atom is 0.108 e. The average molecular weight is 135 g/mol. The van der Waals surface area contributed by atoms with E-state index < -0.39 is 0 Å². The zero-order valence-corrected chi connectivity index (χ0v) is 5.87. The van der Waals surface area contributed by atoms with Gasteiger partial charge < -0.3 is 4.74 Å². The van der Waals surface area contributed by atoms with Crippen molar-refractivity contribution < 1.29 is 4.74 Å². The second-order valence-corrected chi connectivity index (χ2v) is 2.55. The number of epoxide rings is 1. The van der Waals surface area contributed by atoms with Crippen LogP contribution in [0.15, 0.2) is 18.5 Å². The third-order valence-electron chi connectivity index (χ3n) is 1.76. The van der Waals surface area contributed by atoms with Gasteiger partial charge in [-0.1, -0.05) is 0 Å². The number of nitrogens with zero attached hydrogens (tertiary/aromatic N) is 1. The molecule has 1 aliphatic heterocycles. The molecule has 2 nitrogen and oxygen atoms in total. The van der Waals surface area contributed by atoms with Gasteiger partial charge in [0.05, 0.1) is 6.61 Å². The van der Waals surface area contributed by atoms with Crippen molar-refractivity contribution in [3.05, 3.63) is 29.6 Å². The lowest BCUT2D eigenvalue weighted by molar-refractivity contribution is 0.414. The van der Waals surface area contributed by atoms with Gasteiger partial charge in [-0.15, -0.1) is 0 Å². The van der Waals surface area contributed by atoms with Crippen LogP contribution < -0.4 is 0 Å². The van der Waals surface area contributed by atoms with Gasteiger partial charge in [0.25, 0.3) is 0 Å². The number of hydrogen-bond acceptors (Lipinski definition) is 2. The molecular weight excluding hydrogens is 126 g/mol. The average Bonchev–Trinajstić information content (AvgIpc) is 2.71. The second kappa shape index (κ2) is 2.06. The number of rotatable bonds is 1. The highest BCUT2D eigenvalue weighted by Crippen LogP contribution is 2.30. The fraction of sp³-hybridized carbons (Fsp3) is 0.375.